The molecular formula is C18H22Cl2N2O2S. The van der Waals surface area contributed by atoms with Crippen LogP contribution in [0.5, 0.6) is 0 Å². The zero-order chi connectivity index (χ0) is 17.0. The molecule has 0 amide bonds. The van der Waals surface area contributed by atoms with Crippen LogP contribution in [0.2, 0.25) is 5.02 Å². The summed E-state index contributed by atoms with van der Waals surface area (Å²) in [7, 11) is -3.34. The van der Waals surface area contributed by atoms with E-state index in [1.54, 1.807) is 10.4 Å². The van der Waals surface area contributed by atoms with Crippen molar-refractivity contribution in [2.24, 2.45) is 0 Å². The SMILES string of the molecule is Cl.O=S(=O)(CCc1ccccc1)N1CCNCC1c1cccc(Cl)c1. The van der Waals surface area contributed by atoms with Gasteiger partial charge in [0.05, 0.1) is 11.8 Å². The number of hydrogen-bond acceptors (Lipinski definition) is 3. The second kappa shape index (κ2) is 9.01. The van der Waals surface area contributed by atoms with E-state index < -0.39 is 10.0 Å². The van der Waals surface area contributed by atoms with Crippen LogP contribution in [0.15, 0.2) is 54.6 Å². The van der Waals surface area contributed by atoms with Gasteiger partial charge in [-0.3, -0.25) is 0 Å². The number of hydrogen-bond donors (Lipinski definition) is 1. The van der Waals surface area contributed by atoms with Gasteiger partial charge in [0.1, 0.15) is 0 Å². The summed E-state index contributed by atoms with van der Waals surface area (Å²) >= 11 is 6.08. The van der Waals surface area contributed by atoms with E-state index in [0.29, 0.717) is 31.1 Å². The maximum Gasteiger partial charge on any atom is 0.215 e. The molecule has 0 aromatic heterocycles. The van der Waals surface area contributed by atoms with Crippen LogP contribution in [0.3, 0.4) is 0 Å². The average molecular weight is 401 g/mol. The van der Waals surface area contributed by atoms with Crippen molar-refractivity contribution >= 4 is 34.0 Å². The molecule has 25 heavy (non-hydrogen) atoms. The van der Waals surface area contributed by atoms with E-state index in [1.165, 1.54) is 0 Å². The monoisotopic (exact) mass is 400 g/mol. The molecule has 1 fully saturated rings. The molecule has 1 atom stereocenters. The molecule has 0 radical (unpaired) electrons. The Balaban J connectivity index is 0.00000225. The summed E-state index contributed by atoms with van der Waals surface area (Å²) in [6.07, 6.45) is 0.523. The average Bonchev–Trinajstić information content (AvgIpc) is 2.61. The Kier molecular flexibility index (Phi) is 7.28. The Bertz CT molecular complexity index is 785. The quantitative estimate of drug-likeness (QED) is 0.837. The Morgan fingerprint density at radius 3 is 2.60 bits per heavy atom. The van der Waals surface area contributed by atoms with Gasteiger partial charge < -0.3 is 5.32 Å². The number of nitrogens with one attached hydrogen (secondary N) is 1. The second-order valence-corrected chi connectivity index (χ2v) is 8.41. The minimum Gasteiger partial charge on any atom is -0.313 e. The fourth-order valence-corrected chi connectivity index (χ4v) is 4.91. The summed E-state index contributed by atoms with van der Waals surface area (Å²) in [6, 6.07) is 17.0. The molecule has 0 spiro atoms. The Labute approximate surface area is 160 Å². The molecule has 3 rings (SSSR count). The van der Waals surface area contributed by atoms with Crippen LogP contribution in [0.4, 0.5) is 0 Å². The van der Waals surface area contributed by atoms with Gasteiger partial charge in [-0.2, -0.15) is 4.31 Å². The van der Waals surface area contributed by atoms with E-state index in [9.17, 15) is 8.42 Å². The van der Waals surface area contributed by atoms with Crippen molar-refractivity contribution in [1.82, 2.24) is 9.62 Å². The highest BCUT2D eigenvalue weighted by Crippen LogP contribution is 2.27. The van der Waals surface area contributed by atoms with Gasteiger partial charge in [-0.1, -0.05) is 54.1 Å². The minimum atomic E-state index is -3.34. The van der Waals surface area contributed by atoms with Gasteiger partial charge in [-0.05, 0) is 29.7 Å². The van der Waals surface area contributed by atoms with Crippen LogP contribution in [0.25, 0.3) is 0 Å². The van der Waals surface area contributed by atoms with Gasteiger partial charge in [-0.15, -0.1) is 12.4 Å². The molecule has 4 nitrogen and oxygen atoms in total. The first-order valence-electron chi connectivity index (χ1n) is 8.06. The van der Waals surface area contributed by atoms with Gasteiger partial charge >= 0.3 is 0 Å². The largest absolute Gasteiger partial charge is 0.313 e. The molecule has 136 valence electrons. The van der Waals surface area contributed by atoms with E-state index in [2.05, 4.69) is 5.32 Å². The predicted molar refractivity (Wildman–Crippen MR) is 105 cm³/mol. The Morgan fingerprint density at radius 1 is 1.12 bits per heavy atom. The number of piperazine rings is 1. The van der Waals surface area contributed by atoms with Crippen molar-refractivity contribution < 1.29 is 8.42 Å². The molecule has 1 aliphatic rings. The lowest BCUT2D eigenvalue weighted by Gasteiger charge is -2.35. The number of benzene rings is 2. The van der Waals surface area contributed by atoms with Crippen LogP contribution in [-0.4, -0.2) is 38.1 Å². The lowest BCUT2D eigenvalue weighted by atomic mass is 10.1. The normalized spacial score (nSPS) is 18.5. The molecule has 0 aliphatic carbocycles. The summed E-state index contributed by atoms with van der Waals surface area (Å²) in [6.45, 7) is 1.75. The first kappa shape index (κ1) is 20.2. The predicted octanol–water partition coefficient (Wildman–Crippen LogP) is 3.28. The number of nitrogens with zero attached hydrogens (tertiary/aromatic N) is 1. The van der Waals surface area contributed by atoms with Crippen LogP contribution in [-0.2, 0) is 16.4 Å². The molecular weight excluding hydrogens is 379 g/mol. The van der Waals surface area contributed by atoms with E-state index in [-0.39, 0.29) is 24.2 Å². The first-order valence-corrected chi connectivity index (χ1v) is 10.0. The van der Waals surface area contributed by atoms with Crippen LogP contribution >= 0.6 is 24.0 Å². The second-order valence-electron chi connectivity index (χ2n) is 5.94. The smallest absolute Gasteiger partial charge is 0.215 e. The third kappa shape index (κ3) is 5.19. The molecule has 1 unspecified atom stereocenters. The van der Waals surface area contributed by atoms with Crippen molar-refractivity contribution in [2.75, 3.05) is 25.4 Å². The van der Waals surface area contributed by atoms with Gasteiger partial charge in [0.25, 0.3) is 0 Å². The van der Waals surface area contributed by atoms with Gasteiger partial charge in [0.2, 0.25) is 10.0 Å². The highest BCUT2D eigenvalue weighted by Gasteiger charge is 2.32. The van der Waals surface area contributed by atoms with Crippen molar-refractivity contribution in [1.29, 1.82) is 0 Å². The first-order chi connectivity index (χ1) is 11.6. The highest BCUT2D eigenvalue weighted by atomic mass is 35.5. The number of aryl methyl sites for hydroxylation is 1. The molecule has 0 saturated carbocycles. The van der Waals surface area contributed by atoms with Crippen molar-refractivity contribution in [3.05, 3.63) is 70.7 Å². The van der Waals surface area contributed by atoms with E-state index in [1.807, 2.05) is 48.5 Å². The summed E-state index contributed by atoms with van der Waals surface area (Å²) in [4.78, 5) is 0. The summed E-state index contributed by atoms with van der Waals surface area (Å²) < 4.78 is 27.4. The minimum absolute atomic E-state index is 0. The van der Waals surface area contributed by atoms with Gasteiger partial charge in [0.15, 0.2) is 0 Å². The fraction of sp³-hybridized carbons (Fsp3) is 0.333. The van der Waals surface area contributed by atoms with Crippen LogP contribution in [0.1, 0.15) is 17.2 Å². The van der Waals surface area contributed by atoms with Crippen molar-refractivity contribution in [3.8, 4) is 0 Å². The number of halogens is 2. The molecule has 2 aromatic rings. The molecule has 2 aromatic carbocycles. The van der Waals surface area contributed by atoms with E-state index in [4.69, 9.17) is 11.6 Å². The topological polar surface area (TPSA) is 49.4 Å². The van der Waals surface area contributed by atoms with E-state index >= 15 is 0 Å². The lowest BCUT2D eigenvalue weighted by molar-refractivity contribution is 0.271. The molecule has 7 heteroatoms. The molecule has 0 bridgehead atoms. The Morgan fingerprint density at radius 2 is 1.88 bits per heavy atom. The molecule has 1 aliphatic heterocycles. The summed E-state index contributed by atoms with van der Waals surface area (Å²) in [5.74, 6) is 0.119. The third-order valence-electron chi connectivity index (χ3n) is 4.28. The maximum atomic E-state index is 12.9. The molecule has 1 N–H and O–H groups in total. The van der Waals surface area contributed by atoms with E-state index in [0.717, 1.165) is 11.1 Å². The van der Waals surface area contributed by atoms with Crippen LogP contribution < -0.4 is 5.32 Å². The fourth-order valence-electron chi connectivity index (χ4n) is 3.03. The maximum absolute atomic E-state index is 12.9. The zero-order valence-corrected chi connectivity index (χ0v) is 16.2. The number of sulfonamides is 1. The van der Waals surface area contributed by atoms with Gasteiger partial charge in [0, 0.05) is 24.7 Å². The van der Waals surface area contributed by atoms with Gasteiger partial charge in [-0.25, -0.2) is 8.42 Å². The molecule has 1 heterocycles. The highest BCUT2D eigenvalue weighted by molar-refractivity contribution is 7.89. The van der Waals surface area contributed by atoms with Crippen molar-refractivity contribution in [2.45, 2.75) is 12.5 Å². The Hall–Kier alpha value is -1.11. The number of rotatable bonds is 5. The zero-order valence-electron chi connectivity index (χ0n) is 13.8. The third-order valence-corrected chi connectivity index (χ3v) is 6.38. The summed E-state index contributed by atoms with van der Waals surface area (Å²) in [5, 5.41) is 3.90. The lowest BCUT2D eigenvalue weighted by Crippen LogP contribution is -2.49. The standard InChI is InChI=1S/C18H21ClN2O2S.ClH/c19-17-8-4-7-16(13-17)18-14-20-10-11-21(18)24(22,23)12-9-15-5-2-1-3-6-15;/h1-8,13,18,20H,9-12,14H2;1H. The van der Waals surface area contributed by atoms with Crippen LogP contribution in [0, 0.1) is 0 Å². The molecule has 1 saturated heterocycles. The summed E-state index contributed by atoms with van der Waals surface area (Å²) in [5.41, 5.74) is 1.97. The van der Waals surface area contributed by atoms with Crippen molar-refractivity contribution in [3.63, 3.8) is 0 Å².